The molecule has 110 valence electrons. The van der Waals surface area contributed by atoms with Crippen molar-refractivity contribution in [3.63, 3.8) is 0 Å². The third kappa shape index (κ3) is 3.95. The molecule has 0 amide bonds. The van der Waals surface area contributed by atoms with E-state index < -0.39 is 0 Å². The Bertz CT molecular complexity index is 300. The van der Waals surface area contributed by atoms with Gasteiger partial charge in [-0.1, -0.05) is 6.92 Å². The lowest BCUT2D eigenvalue weighted by Crippen LogP contribution is -2.44. The second-order valence-corrected chi connectivity index (χ2v) is 7.01. The average Bonchev–Trinajstić information content (AvgIpc) is 2.40. The van der Waals surface area contributed by atoms with Crippen LogP contribution in [-0.4, -0.2) is 24.7 Å². The Hall–Kier alpha value is -0.570. The molecule has 0 unspecified atom stereocenters. The minimum atomic E-state index is -0.303. The summed E-state index contributed by atoms with van der Waals surface area (Å²) in [4.78, 5) is 12.3. The lowest BCUT2D eigenvalue weighted by atomic mass is 9.81. The third-order valence-corrected chi connectivity index (χ3v) is 5.04. The highest BCUT2D eigenvalue weighted by molar-refractivity contribution is 5.73. The number of hydrogen-bond donors (Lipinski definition) is 1. The van der Waals surface area contributed by atoms with Crippen molar-refractivity contribution in [3.05, 3.63) is 0 Å². The molecule has 0 radical (unpaired) electrons. The van der Waals surface area contributed by atoms with Gasteiger partial charge < -0.3 is 10.1 Å². The molecule has 1 N–H and O–H groups in total. The Morgan fingerprint density at radius 1 is 1.05 bits per heavy atom. The molecule has 0 aromatic heterocycles. The van der Waals surface area contributed by atoms with Crippen LogP contribution in [0, 0.1) is 17.8 Å². The molecule has 1 heterocycles. The van der Waals surface area contributed by atoms with Crippen LogP contribution in [0.4, 0.5) is 0 Å². The van der Waals surface area contributed by atoms with Crippen molar-refractivity contribution in [2.75, 3.05) is 13.1 Å². The molecule has 2 fully saturated rings. The van der Waals surface area contributed by atoms with Gasteiger partial charge in [-0.25, -0.2) is 0 Å². The minimum absolute atomic E-state index is 0.0513. The topological polar surface area (TPSA) is 38.3 Å². The molecule has 0 atom stereocenters. The van der Waals surface area contributed by atoms with Gasteiger partial charge in [-0.15, -0.1) is 0 Å². The number of esters is 1. The van der Waals surface area contributed by atoms with Crippen LogP contribution in [0.3, 0.4) is 0 Å². The molecule has 2 aliphatic rings. The average molecular weight is 267 g/mol. The summed E-state index contributed by atoms with van der Waals surface area (Å²) in [5.74, 6) is 1.48. The molecular formula is C16H29NO2. The van der Waals surface area contributed by atoms with Crippen LogP contribution in [0.15, 0.2) is 0 Å². The normalized spacial score (nSPS) is 30.1. The Morgan fingerprint density at radius 2 is 1.63 bits per heavy atom. The first kappa shape index (κ1) is 14.8. The number of carbonyl (C=O) groups is 1. The van der Waals surface area contributed by atoms with Crippen LogP contribution in [0.25, 0.3) is 0 Å². The molecule has 1 saturated carbocycles. The van der Waals surface area contributed by atoms with Crippen molar-refractivity contribution < 1.29 is 9.53 Å². The number of piperidine rings is 1. The fourth-order valence-electron chi connectivity index (χ4n) is 3.44. The predicted octanol–water partition coefficient (Wildman–Crippen LogP) is 3.13. The first-order valence-corrected chi connectivity index (χ1v) is 7.92. The maximum atomic E-state index is 12.3. The summed E-state index contributed by atoms with van der Waals surface area (Å²) in [7, 11) is 0. The van der Waals surface area contributed by atoms with Gasteiger partial charge in [-0.3, -0.25) is 4.79 Å². The SMILES string of the molecule is CC1CCC(C(=O)OC(C)(C)C2CCNCC2)CC1. The van der Waals surface area contributed by atoms with Crippen LogP contribution in [0.5, 0.6) is 0 Å². The number of carbonyl (C=O) groups excluding carboxylic acids is 1. The van der Waals surface area contributed by atoms with E-state index in [0.717, 1.165) is 44.7 Å². The summed E-state index contributed by atoms with van der Waals surface area (Å²) >= 11 is 0. The lowest BCUT2D eigenvalue weighted by molar-refractivity contribution is -0.169. The van der Waals surface area contributed by atoms with Crippen molar-refractivity contribution in [2.45, 2.75) is 64.9 Å². The maximum Gasteiger partial charge on any atom is 0.309 e. The molecule has 3 heteroatoms. The Labute approximate surface area is 117 Å². The smallest absolute Gasteiger partial charge is 0.309 e. The van der Waals surface area contributed by atoms with Crippen LogP contribution >= 0.6 is 0 Å². The second-order valence-electron chi connectivity index (χ2n) is 7.01. The van der Waals surface area contributed by atoms with Crippen molar-refractivity contribution in [1.29, 1.82) is 0 Å². The minimum Gasteiger partial charge on any atom is -0.459 e. The van der Waals surface area contributed by atoms with E-state index >= 15 is 0 Å². The Kier molecular flexibility index (Phi) is 4.88. The van der Waals surface area contributed by atoms with Crippen molar-refractivity contribution in [1.82, 2.24) is 5.32 Å². The summed E-state index contributed by atoms with van der Waals surface area (Å²) in [5, 5.41) is 3.37. The summed E-state index contributed by atoms with van der Waals surface area (Å²) < 4.78 is 5.89. The molecule has 0 bridgehead atoms. The van der Waals surface area contributed by atoms with E-state index in [1.165, 1.54) is 12.8 Å². The molecule has 0 aromatic carbocycles. The van der Waals surface area contributed by atoms with Crippen LogP contribution < -0.4 is 5.32 Å². The predicted molar refractivity (Wildman–Crippen MR) is 76.9 cm³/mol. The van der Waals surface area contributed by atoms with Gasteiger partial charge in [0.1, 0.15) is 5.60 Å². The molecular weight excluding hydrogens is 238 g/mol. The molecule has 1 aliphatic carbocycles. The number of rotatable bonds is 3. The first-order valence-electron chi connectivity index (χ1n) is 7.92. The molecule has 1 aliphatic heterocycles. The van der Waals surface area contributed by atoms with E-state index in [0.29, 0.717) is 5.92 Å². The van der Waals surface area contributed by atoms with Crippen molar-refractivity contribution in [3.8, 4) is 0 Å². The Balaban J connectivity index is 1.86. The number of hydrogen-bond acceptors (Lipinski definition) is 3. The molecule has 3 nitrogen and oxygen atoms in total. The third-order valence-electron chi connectivity index (χ3n) is 5.04. The summed E-state index contributed by atoms with van der Waals surface area (Å²) in [5.41, 5.74) is -0.303. The highest BCUT2D eigenvalue weighted by Crippen LogP contribution is 2.33. The van der Waals surface area contributed by atoms with E-state index in [2.05, 4.69) is 26.1 Å². The van der Waals surface area contributed by atoms with E-state index in [4.69, 9.17) is 4.74 Å². The molecule has 0 spiro atoms. The lowest BCUT2D eigenvalue weighted by Gasteiger charge is -2.38. The van der Waals surface area contributed by atoms with Crippen LogP contribution in [0.1, 0.15) is 59.3 Å². The van der Waals surface area contributed by atoms with Gasteiger partial charge in [0, 0.05) is 5.92 Å². The van der Waals surface area contributed by atoms with E-state index in [9.17, 15) is 4.79 Å². The van der Waals surface area contributed by atoms with Crippen molar-refractivity contribution in [2.24, 2.45) is 17.8 Å². The van der Waals surface area contributed by atoms with Gasteiger partial charge in [0.05, 0.1) is 5.92 Å². The highest BCUT2D eigenvalue weighted by atomic mass is 16.6. The van der Waals surface area contributed by atoms with E-state index in [-0.39, 0.29) is 17.5 Å². The zero-order chi connectivity index (χ0) is 13.9. The molecule has 0 aromatic rings. The molecule has 19 heavy (non-hydrogen) atoms. The number of ether oxygens (including phenoxy) is 1. The highest BCUT2D eigenvalue weighted by Gasteiger charge is 2.36. The quantitative estimate of drug-likeness (QED) is 0.798. The van der Waals surface area contributed by atoms with Crippen LogP contribution in [0.2, 0.25) is 0 Å². The summed E-state index contributed by atoms with van der Waals surface area (Å²) in [6.45, 7) is 8.55. The standard InChI is InChI=1S/C16H29NO2/c1-12-4-6-13(7-5-12)15(18)19-16(2,3)14-8-10-17-11-9-14/h12-14,17H,4-11H2,1-3H3. The van der Waals surface area contributed by atoms with Gasteiger partial charge in [0.2, 0.25) is 0 Å². The fourth-order valence-corrected chi connectivity index (χ4v) is 3.44. The van der Waals surface area contributed by atoms with Gasteiger partial charge in [-0.05, 0) is 71.4 Å². The number of nitrogens with one attached hydrogen (secondary N) is 1. The van der Waals surface area contributed by atoms with Gasteiger partial charge in [0.15, 0.2) is 0 Å². The van der Waals surface area contributed by atoms with Gasteiger partial charge in [-0.2, -0.15) is 0 Å². The summed E-state index contributed by atoms with van der Waals surface area (Å²) in [6.07, 6.45) is 6.61. The second kappa shape index (κ2) is 6.25. The van der Waals surface area contributed by atoms with Crippen molar-refractivity contribution >= 4 is 5.97 Å². The first-order chi connectivity index (χ1) is 8.99. The Morgan fingerprint density at radius 3 is 2.21 bits per heavy atom. The summed E-state index contributed by atoms with van der Waals surface area (Å²) in [6, 6.07) is 0. The van der Waals surface area contributed by atoms with E-state index in [1.807, 2.05) is 0 Å². The zero-order valence-corrected chi connectivity index (χ0v) is 12.7. The van der Waals surface area contributed by atoms with Crippen LogP contribution in [-0.2, 0) is 9.53 Å². The zero-order valence-electron chi connectivity index (χ0n) is 12.7. The largest absolute Gasteiger partial charge is 0.459 e. The molecule has 2 rings (SSSR count). The monoisotopic (exact) mass is 267 g/mol. The van der Waals surface area contributed by atoms with E-state index in [1.54, 1.807) is 0 Å². The molecule has 1 saturated heterocycles. The van der Waals surface area contributed by atoms with Gasteiger partial charge in [0.25, 0.3) is 0 Å². The maximum absolute atomic E-state index is 12.3. The fraction of sp³-hybridized carbons (Fsp3) is 0.938. The van der Waals surface area contributed by atoms with Gasteiger partial charge >= 0.3 is 5.97 Å².